The lowest BCUT2D eigenvalue weighted by molar-refractivity contribution is -0.662. The molecule has 0 spiro atoms. The number of likely N-dealkylation sites (N-methyl/N-ethyl adjacent to an activating group) is 1. The van der Waals surface area contributed by atoms with Gasteiger partial charge in [0.25, 0.3) is 11.8 Å². The van der Waals surface area contributed by atoms with Gasteiger partial charge in [-0.25, -0.2) is 0 Å². The third-order valence-corrected chi connectivity index (χ3v) is 3.48. The maximum absolute atomic E-state index is 12.4. The highest BCUT2D eigenvalue weighted by molar-refractivity contribution is 5.97. The highest BCUT2D eigenvalue weighted by Gasteiger charge is 2.29. The monoisotopic (exact) mass is 262 g/mol. The molecule has 0 aliphatic carbocycles. The van der Waals surface area contributed by atoms with Crippen LogP contribution in [0.15, 0.2) is 24.3 Å². The number of benzene rings is 1. The van der Waals surface area contributed by atoms with Gasteiger partial charge in [-0.1, -0.05) is 18.2 Å². The number of nitrogens with two attached hydrogens (primary N) is 1. The van der Waals surface area contributed by atoms with Gasteiger partial charge in [0.15, 0.2) is 12.6 Å². The predicted octanol–water partition coefficient (Wildman–Crippen LogP) is -0.726. The molecular weight excluding hydrogens is 242 g/mol. The molecule has 0 bridgehead atoms. The lowest BCUT2D eigenvalue weighted by Crippen LogP contribution is -2.93. The number of carbonyl (C=O) groups excluding carboxylic acids is 2. The van der Waals surface area contributed by atoms with Crippen molar-refractivity contribution in [3.8, 4) is 0 Å². The summed E-state index contributed by atoms with van der Waals surface area (Å²) < 4.78 is 0. The first-order valence-electron chi connectivity index (χ1n) is 6.56. The van der Waals surface area contributed by atoms with Crippen molar-refractivity contribution in [2.75, 3.05) is 25.0 Å². The Labute approximate surface area is 113 Å². The summed E-state index contributed by atoms with van der Waals surface area (Å²) in [4.78, 5) is 25.4. The Morgan fingerprint density at radius 2 is 2.16 bits per heavy atom. The number of quaternary nitrogens is 1. The Hall–Kier alpha value is -1.88. The molecule has 1 aromatic carbocycles. The van der Waals surface area contributed by atoms with Crippen molar-refractivity contribution < 1.29 is 14.9 Å². The van der Waals surface area contributed by atoms with Crippen LogP contribution in [0.4, 0.5) is 5.69 Å². The average molecular weight is 262 g/mol. The summed E-state index contributed by atoms with van der Waals surface area (Å²) in [6, 6.07) is 7.73. The van der Waals surface area contributed by atoms with Crippen LogP contribution in [0.5, 0.6) is 0 Å². The molecule has 1 aromatic rings. The Morgan fingerprint density at radius 1 is 1.42 bits per heavy atom. The van der Waals surface area contributed by atoms with Gasteiger partial charge < -0.3 is 15.5 Å². The Balaban J connectivity index is 1.99. The number of para-hydroxylation sites is 1. The van der Waals surface area contributed by atoms with Crippen molar-refractivity contribution in [1.82, 2.24) is 5.32 Å². The Morgan fingerprint density at radius 3 is 2.89 bits per heavy atom. The smallest absolute Gasteiger partial charge is 0.284 e. The molecule has 5 heteroatoms. The summed E-state index contributed by atoms with van der Waals surface area (Å²) in [5.74, 6) is -0.00433. The summed E-state index contributed by atoms with van der Waals surface area (Å²) in [6.45, 7) is 2.85. The van der Waals surface area contributed by atoms with Crippen LogP contribution in [-0.4, -0.2) is 38.0 Å². The molecule has 0 fully saturated rings. The third kappa shape index (κ3) is 2.93. The molecule has 0 radical (unpaired) electrons. The topological polar surface area (TPSA) is 66.0 Å². The van der Waals surface area contributed by atoms with Gasteiger partial charge in [0.2, 0.25) is 0 Å². The van der Waals surface area contributed by atoms with E-state index in [1.54, 1.807) is 12.4 Å². The molecule has 0 saturated carbocycles. The largest absolute Gasteiger partial charge is 0.354 e. The molecule has 0 aromatic heterocycles. The minimum Gasteiger partial charge on any atom is -0.354 e. The fourth-order valence-electron chi connectivity index (χ4n) is 2.30. The van der Waals surface area contributed by atoms with Crippen LogP contribution in [0, 0.1) is 0 Å². The predicted molar refractivity (Wildman–Crippen MR) is 72.8 cm³/mol. The fraction of sp³-hybridized carbons (Fsp3) is 0.429. The number of amides is 2. The maximum atomic E-state index is 12.4. The van der Waals surface area contributed by atoms with Crippen molar-refractivity contribution in [3.63, 3.8) is 0 Å². The molecule has 0 unspecified atom stereocenters. The number of rotatable bonds is 4. The summed E-state index contributed by atoms with van der Waals surface area (Å²) in [5, 5.41) is 4.32. The first kappa shape index (κ1) is 13.5. The normalized spacial score (nSPS) is 14.9. The van der Waals surface area contributed by atoms with Crippen LogP contribution in [0.25, 0.3) is 0 Å². The van der Waals surface area contributed by atoms with E-state index in [9.17, 15) is 9.59 Å². The summed E-state index contributed by atoms with van der Waals surface area (Å²) in [5.41, 5.74) is 2.22. The molecule has 1 atom stereocenters. The molecule has 3 N–H and O–H groups in total. The zero-order valence-corrected chi connectivity index (χ0v) is 11.3. The van der Waals surface area contributed by atoms with Gasteiger partial charge in [0.1, 0.15) is 0 Å². The van der Waals surface area contributed by atoms with Crippen LogP contribution < -0.4 is 15.5 Å². The highest BCUT2D eigenvalue weighted by Crippen LogP contribution is 2.27. The van der Waals surface area contributed by atoms with Gasteiger partial charge >= 0.3 is 0 Å². The number of nitrogens with one attached hydrogen (secondary N) is 1. The molecule has 0 saturated heterocycles. The van der Waals surface area contributed by atoms with Gasteiger partial charge in [0.05, 0.1) is 0 Å². The summed E-state index contributed by atoms with van der Waals surface area (Å²) in [6.07, 6.45) is 0.907. The number of hydrogen-bond donors (Lipinski definition) is 2. The fourth-order valence-corrected chi connectivity index (χ4v) is 2.30. The van der Waals surface area contributed by atoms with Crippen LogP contribution in [0.3, 0.4) is 0 Å². The third-order valence-electron chi connectivity index (χ3n) is 3.48. The summed E-state index contributed by atoms with van der Waals surface area (Å²) in [7, 11) is 1.60. The molecule has 102 valence electrons. The second-order valence-electron chi connectivity index (χ2n) is 4.77. The van der Waals surface area contributed by atoms with Crippen molar-refractivity contribution in [2.24, 2.45) is 0 Å². The van der Waals surface area contributed by atoms with E-state index in [2.05, 4.69) is 11.4 Å². The van der Waals surface area contributed by atoms with E-state index in [4.69, 9.17) is 0 Å². The highest BCUT2D eigenvalue weighted by atomic mass is 16.2. The Bertz CT molecular complexity index is 487. The number of carbonyl (C=O) groups is 2. The second kappa shape index (κ2) is 5.84. The average Bonchev–Trinajstić information content (AvgIpc) is 2.87. The molecule has 1 aliphatic rings. The van der Waals surface area contributed by atoms with Gasteiger partial charge in [-0.05, 0) is 25.0 Å². The van der Waals surface area contributed by atoms with Gasteiger partial charge in [-0.2, -0.15) is 0 Å². The quantitative estimate of drug-likeness (QED) is 0.751. The summed E-state index contributed by atoms with van der Waals surface area (Å²) >= 11 is 0. The first-order chi connectivity index (χ1) is 9.13. The van der Waals surface area contributed by atoms with Gasteiger partial charge in [-0.3, -0.25) is 9.59 Å². The zero-order chi connectivity index (χ0) is 13.8. The van der Waals surface area contributed by atoms with Crippen molar-refractivity contribution in [2.45, 2.75) is 19.4 Å². The number of nitrogens with zero attached hydrogens (tertiary/aromatic N) is 1. The van der Waals surface area contributed by atoms with Crippen LogP contribution in [0.1, 0.15) is 12.5 Å². The van der Waals surface area contributed by atoms with Crippen molar-refractivity contribution in [3.05, 3.63) is 29.8 Å². The van der Waals surface area contributed by atoms with E-state index in [0.717, 1.165) is 18.7 Å². The molecule has 2 rings (SSSR count). The van der Waals surface area contributed by atoms with Gasteiger partial charge in [-0.15, -0.1) is 0 Å². The zero-order valence-electron chi connectivity index (χ0n) is 11.3. The van der Waals surface area contributed by atoms with E-state index in [0.29, 0.717) is 0 Å². The molecule has 2 amide bonds. The van der Waals surface area contributed by atoms with E-state index in [1.165, 1.54) is 5.56 Å². The van der Waals surface area contributed by atoms with Crippen LogP contribution in [-0.2, 0) is 16.0 Å². The number of anilines is 1. The first-order valence-corrected chi connectivity index (χ1v) is 6.56. The van der Waals surface area contributed by atoms with Crippen molar-refractivity contribution in [1.29, 1.82) is 0 Å². The second-order valence-corrected chi connectivity index (χ2v) is 4.77. The minimum absolute atomic E-state index is 0.0638. The SMILES string of the molecule is CNC(=O)C[NH2+][C@H](C)C(=O)N1CCc2ccccc21. The maximum Gasteiger partial charge on any atom is 0.284 e. The van der Waals surface area contributed by atoms with Crippen molar-refractivity contribution >= 4 is 17.5 Å². The lowest BCUT2D eigenvalue weighted by atomic mass is 10.2. The number of hydrogen-bond acceptors (Lipinski definition) is 2. The molecule has 1 aliphatic heterocycles. The molecular formula is C14H20N3O2+. The standard InChI is InChI=1S/C14H19N3O2/c1-10(16-9-13(18)15-2)14(19)17-8-7-11-5-3-4-6-12(11)17/h3-6,10,16H,7-9H2,1-2H3,(H,15,18)/p+1/t10-/m1/s1. The number of fused-ring (bicyclic) bond motifs is 1. The Kier molecular flexibility index (Phi) is 4.16. The van der Waals surface area contributed by atoms with Gasteiger partial charge in [0, 0.05) is 19.3 Å². The van der Waals surface area contributed by atoms with Crippen LogP contribution >= 0.6 is 0 Å². The van der Waals surface area contributed by atoms with E-state index in [-0.39, 0.29) is 24.4 Å². The van der Waals surface area contributed by atoms with E-state index < -0.39 is 0 Å². The molecule has 19 heavy (non-hydrogen) atoms. The van der Waals surface area contributed by atoms with E-state index in [1.807, 2.05) is 30.0 Å². The molecule has 5 nitrogen and oxygen atoms in total. The minimum atomic E-state index is -0.247. The molecule has 1 heterocycles. The van der Waals surface area contributed by atoms with Crippen LogP contribution in [0.2, 0.25) is 0 Å². The lowest BCUT2D eigenvalue weighted by Gasteiger charge is -2.20. The van der Waals surface area contributed by atoms with E-state index >= 15 is 0 Å².